The highest BCUT2D eigenvalue weighted by Gasteiger charge is 2.17. The lowest BCUT2D eigenvalue weighted by molar-refractivity contribution is -0.137. The Morgan fingerprint density at radius 3 is 2.50 bits per heavy atom. The van der Waals surface area contributed by atoms with E-state index in [9.17, 15) is 9.59 Å². The van der Waals surface area contributed by atoms with E-state index in [1.54, 1.807) is 24.0 Å². The van der Waals surface area contributed by atoms with Crippen LogP contribution >= 0.6 is 0 Å². The summed E-state index contributed by atoms with van der Waals surface area (Å²) in [6.07, 6.45) is 1.37. The van der Waals surface area contributed by atoms with Crippen LogP contribution in [0.25, 0.3) is 0 Å². The SMILES string of the molecule is CCOC(=O)C(=O)c1ccc(N(C)C)nc1. The lowest BCUT2D eigenvalue weighted by Crippen LogP contribution is -2.18. The second kappa shape index (κ2) is 5.25. The first kappa shape index (κ1) is 12.2. The van der Waals surface area contributed by atoms with Crippen LogP contribution in [0.1, 0.15) is 17.3 Å². The number of ketones is 1. The molecule has 0 radical (unpaired) electrons. The predicted molar refractivity (Wildman–Crippen MR) is 59.5 cm³/mol. The molecule has 0 bridgehead atoms. The Hall–Kier alpha value is -1.91. The molecule has 0 aliphatic rings. The molecule has 1 aromatic heterocycles. The number of rotatable bonds is 4. The molecule has 0 aliphatic carbocycles. The Balaban J connectivity index is 2.81. The zero-order chi connectivity index (χ0) is 12.1. The summed E-state index contributed by atoms with van der Waals surface area (Å²) in [5.41, 5.74) is 0.240. The molecule has 86 valence electrons. The van der Waals surface area contributed by atoms with Gasteiger partial charge in [0.15, 0.2) is 0 Å². The summed E-state index contributed by atoms with van der Waals surface area (Å²) in [7, 11) is 3.68. The number of esters is 1. The number of nitrogens with zero attached hydrogens (tertiary/aromatic N) is 2. The highest BCUT2D eigenvalue weighted by molar-refractivity contribution is 6.40. The van der Waals surface area contributed by atoms with Crippen molar-refractivity contribution in [1.82, 2.24) is 4.98 Å². The molecule has 0 saturated carbocycles. The number of pyridine rings is 1. The molecule has 0 fully saturated rings. The minimum absolute atomic E-state index is 0.188. The lowest BCUT2D eigenvalue weighted by Gasteiger charge is -2.10. The van der Waals surface area contributed by atoms with Gasteiger partial charge >= 0.3 is 5.97 Å². The van der Waals surface area contributed by atoms with Gasteiger partial charge in [-0.1, -0.05) is 0 Å². The minimum Gasteiger partial charge on any atom is -0.460 e. The molecule has 0 saturated heterocycles. The zero-order valence-corrected chi connectivity index (χ0v) is 9.56. The largest absolute Gasteiger partial charge is 0.460 e. The van der Waals surface area contributed by atoms with Crippen molar-refractivity contribution in [2.45, 2.75) is 6.92 Å². The molecule has 0 spiro atoms. The second-order valence-corrected chi connectivity index (χ2v) is 3.35. The van der Waals surface area contributed by atoms with Crippen LogP contribution in [0.5, 0.6) is 0 Å². The van der Waals surface area contributed by atoms with Crippen molar-refractivity contribution in [3.63, 3.8) is 0 Å². The van der Waals surface area contributed by atoms with E-state index in [1.807, 2.05) is 14.1 Å². The summed E-state index contributed by atoms with van der Waals surface area (Å²) in [6.45, 7) is 1.84. The van der Waals surface area contributed by atoms with E-state index < -0.39 is 11.8 Å². The maximum atomic E-state index is 11.5. The summed E-state index contributed by atoms with van der Waals surface area (Å²) in [4.78, 5) is 28.5. The third-order valence-corrected chi connectivity index (χ3v) is 1.93. The van der Waals surface area contributed by atoms with Crippen molar-refractivity contribution in [3.8, 4) is 0 Å². The van der Waals surface area contributed by atoms with Gasteiger partial charge < -0.3 is 9.64 Å². The molecule has 16 heavy (non-hydrogen) atoms. The van der Waals surface area contributed by atoms with Crippen LogP contribution in [-0.2, 0) is 9.53 Å². The third kappa shape index (κ3) is 2.79. The molecule has 0 aromatic carbocycles. The molecule has 0 aliphatic heterocycles. The van der Waals surface area contributed by atoms with E-state index in [4.69, 9.17) is 0 Å². The molecule has 5 nitrogen and oxygen atoms in total. The van der Waals surface area contributed by atoms with Gasteiger partial charge in [0.1, 0.15) is 5.82 Å². The number of carbonyl (C=O) groups is 2. The molecule has 0 unspecified atom stereocenters. The normalized spacial score (nSPS) is 9.69. The van der Waals surface area contributed by atoms with Gasteiger partial charge in [-0.15, -0.1) is 0 Å². The topological polar surface area (TPSA) is 59.5 Å². The average Bonchev–Trinajstić information content (AvgIpc) is 2.28. The number of hydrogen-bond acceptors (Lipinski definition) is 5. The van der Waals surface area contributed by atoms with Crippen molar-refractivity contribution in [2.75, 3.05) is 25.6 Å². The fraction of sp³-hybridized carbons (Fsp3) is 0.364. The number of Topliss-reactive ketones (excluding diaryl/α,β-unsaturated/α-hetero) is 1. The third-order valence-electron chi connectivity index (χ3n) is 1.93. The van der Waals surface area contributed by atoms with E-state index in [-0.39, 0.29) is 12.2 Å². The lowest BCUT2D eigenvalue weighted by atomic mass is 10.2. The molecular formula is C11H14N2O3. The van der Waals surface area contributed by atoms with Crippen LogP contribution in [0.4, 0.5) is 5.82 Å². The smallest absolute Gasteiger partial charge is 0.379 e. The first-order valence-corrected chi connectivity index (χ1v) is 4.91. The Morgan fingerprint density at radius 1 is 1.38 bits per heavy atom. The monoisotopic (exact) mass is 222 g/mol. The van der Waals surface area contributed by atoms with Crippen molar-refractivity contribution in [1.29, 1.82) is 0 Å². The maximum absolute atomic E-state index is 11.5. The van der Waals surface area contributed by atoms with Crippen molar-refractivity contribution < 1.29 is 14.3 Å². The van der Waals surface area contributed by atoms with Gasteiger partial charge in [-0.25, -0.2) is 9.78 Å². The first-order chi connectivity index (χ1) is 7.56. The van der Waals surface area contributed by atoms with Crippen LogP contribution < -0.4 is 4.90 Å². The maximum Gasteiger partial charge on any atom is 0.379 e. The molecule has 0 N–H and O–H groups in total. The summed E-state index contributed by atoms with van der Waals surface area (Å²) < 4.78 is 4.61. The van der Waals surface area contributed by atoms with E-state index in [2.05, 4.69) is 9.72 Å². The highest BCUT2D eigenvalue weighted by atomic mass is 16.5. The van der Waals surface area contributed by atoms with Gasteiger partial charge in [0.25, 0.3) is 5.78 Å². The van der Waals surface area contributed by atoms with E-state index in [0.29, 0.717) is 0 Å². The van der Waals surface area contributed by atoms with E-state index >= 15 is 0 Å². The Labute approximate surface area is 94.0 Å². The molecule has 0 amide bonds. The molecule has 1 rings (SSSR count). The van der Waals surface area contributed by atoms with E-state index in [0.717, 1.165) is 5.82 Å². The van der Waals surface area contributed by atoms with Crippen LogP contribution in [0.3, 0.4) is 0 Å². The van der Waals surface area contributed by atoms with Gasteiger partial charge in [-0.3, -0.25) is 4.79 Å². The summed E-state index contributed by atoms with van der Waals surface area (Å²) >= 11 is 0. The zero-order valence-electron chi connectivity index (χ0n) is 9.56. The number of aromatic nitrogens is 1. The molecular weight excluding hydrogens is 208 g/mol. The number of ether oxygens (including phenoxy) is 1. The van der Waals surface area contributed by atoms with Crippen LogP contribution in [0.2, 0.25) is 0 Å². The first-order valence-electron chi connectivity index (χ1n) is 4.91. The minimum atomic E-state index is -0.845. The molecule has 1 heterocycles. The Morgan fingerprint density at radius 2 is 2.06 bits per heavy atom. The van der Waals surface area contributed by atoms with Crippen molar-refractivity contribution in [2.24, 2.45) is 0 Å². The number of hydrogen-bond donors (Lipinski definition) is 0. The average molecular weight is 222 g/mol. The standard InChI is InChI=1S/C11H14N2O3/c1-4-16-11(15)10(14)8-5-6-9(12-7-8)13(2)3/h5-7H,4H2,1-3H3. The molecule has 1 aromatic rings. The van der Waals surface area contributed by atoms with Crippen LogP contribution in [0, 0.1) is 0 Å². The Bertz CT molecular complexity index is 385. The van der Waals surface area contributed by atoms with Gasteiger partial charge in [-0.2, -0.15) is 0 Å². The Kier molecular flexibility index (Phi) is 3.99. The van der Waals surface area contributed by atoms with Gasteiger partial charge in [0, 0.05) is 25.9 Å². The van der Waals surface area contributed by atoms with Crippen molar-refractivity contribution >= 4 is 17.6 Å². The van der Waals surface area contributed by atoms with Gasteiger partial charge in [0.2, 0.25) is 0 Å². The van der Waals surface area contributed by atoms with Gasteiger partial charge in [-0.05, 0) is 19.1 Å². The van der Waals surface area contributed by atoms with Crippen LogP contribution in [-0.4, -0.2) is 37.4 Å². The number of carbonyl (C=O) groups excluding carboxylic acids is 2. The molecule has 0 atom stereocenters. The quantitative estimate of drug-likeness (QED) is 0.430. The van der Waals surface area contributed by atoms with Crippen molar-refractivity contribution in [3.05, 3.63) is 23.9 Å². The highest BCUT2D eigenvalue weighted by Crippen LogP contribution is 2.08. The summed E-state index contributed by atoms with van der Waals surface area (Å²) in [5.74, 6) is -0.790. The molecule has 5 heteroatoms. The second-order valence-electron chi connectivity index (χ2n) is 3.35. The summed E-state index contributed by atoms with van der Waals surface area (Å²) in [5, 5.41) is 0. The fourth-order valence-corrected chi connectivity index (χ4v) is 1.10. The number of anilines is 1. The van der Waals surface area contributed by atoms with Gasteiger partial charge in [0.05, 0.1) is 6.61 Å². The predicted octanol–water partition coefficient (Wildman–Crippen LogP) is 0.893. The summed E-state index contributed by atoms with van der Waals surface area (Å²) in [6, 6.07) is 3.23. The fourth-order valence-electron chi connectivity index (χ4n) is 1.10. The van der Waals surface area contributed by atoms with Crippen LogP contribution in [0.15, 0.2) is 18.3 Å². The van der Waals surface area contributed by atoms with E-state index in [1.165, 1.54) is 6.20 Å².